The van der Waals surface area contributed by atoms with Gasteiger partial charge in [0.1, 0.15) is 17.2 Å². The normalized spacial score (nSPS) is 10.3. The molecule has 0 saturated heterocycles. The summed E-state index contributed by atoms with van der Waals surface area (Å²) in [6, 6.07) is 14.6. The number of carbonyl (C=O) groups excluding carboxylic acids is 1. The highest BCUT2D eigenvalue weighted by atomic mass is 16.5. The van der Waals surface area contributed by atoms with Gasteiger partial charge in [0.25, 0.3) is 5.91 Å². The number of nitrogens with zero attached hydrogens (tertiary/aromatic N) is 2. The van der Waals surface area contributed by atoms with Crippen molar-refractivity contribution in [3.05, 3.63) is 65.5 Å². The van der Waals surface area contributed by atoms with Gasteiger partial charge in [-0.3, -0.25) is 4.79 Å². The number of anilines is 3. The summed E-state index contributed by atoms with van der Waals surface area (Å²) in [4.78, 5) is 21.3. The first-order valence-corrected chi connectivity index (χ1v) is 8.71. The molecule has 1 amide bonds. The second-order valence-corrected chi connectivity index (χ2v) is 6.23. The van der Waals surface area contributed by atoms with Gasteiger partial charge < -0.3 is 20.1 Å². The summed E-state index contributed by atoms with van der Waals surface area (Å²) in [6.07, 6.45) is 0. The highest BCUT2D eigenvalue weighted by molar-refractivity contribution is 6.03. The maximum atomic E-state index is 12.6. The molecule has 28 heavy (non-hydrogen) atoms. The molecule has 0 aliphatic rings. The fraction of sp³-hybridized carbons (Fsp3) is 0.190. The number of aromatic nitrogens is 2. The molecule has 2 N–H and O–H groups in total. The van der Waals surface area contributed by atoms with Gasteiger partial charge in [0, 0.05) is 17.4 Å². The van der Waals surface area contributed by atoms with Crippen LogP contribution in [0.25, 0.3) is 0 Å². The van der Waals surface area contributed by atoms with Crippen molar-refractivity contribution < 1.29 is 14.3 Å². The van der Waals surface area contributed by atoms with Gasteiger partial charge in [-0.2, -0.15) is 0 Å². The van der Waals surface area contributed by atoms with Crippen molar-refractivity contribution in [3.63, 3.8) is 0 Å². The molecule has 2 aromatic carbocycles. The smallest absolute Gasteiger partial charge is 0.274 e. The highest BCUT2D eigenvalue weighted by Gasteiger charge is 2.13. The number of benzene rings is 2. The lowest BCUT2D eigenvalue weighted by atomic mass is 10.2. The Morgan fingerprint density at radius 1 is 0.964 bits per heavy atom. The molecule has 0 bridgehead atoms. The van der Waals surface area contributed by atoms with Crippen LogP contribution in [0.1, 0.15) is 21.7 Å². The highest BCUT2D eigenvalue weighted by Crippen LogP contribution is 2.30. The first kappa shape index (κ1) is 19.2. The zero-order chi connectivity index (χ0) is 20.1. The fourth-order valence-corrected chi connectivity index (χ4v) is 2.68. The van der Waals surface area contributed by atoms with E-state index in [1.807, 2.05) is 38.1 Å². The number of methoxy groups -OCH3 is 2. The van der Waals surface area contributed by atoms with Crippen LogP contribution in [-0.4, -0.2) is 30.1 Å². The minimum absolute atomic E-state index is 0.268. The number of hydrogen-bond acceptors (Lipinski definition) is 6. The van der Waals surface area contributed by atoms with Crippen LogP contribution in [-0.2, 0) is 0 Å². The van der Waals surface area contributed by atoms with E-state index in [9.17, 15) is 4.79 Å². The molecule has 3 rings (SSSR count). The topological polar surface area (TPSA) is 85.4 Å². The first-order chi connectivity index (χ1) is 13.5. The van der Waals surface area contributed by atoms with Crippen molar-refractivity contribution in [1.29, 1.82) is 0 Å². The maximum Gasteiger partial charge on any atom is 0.274 e. The van der Waals surface area contributed by atoms with Gasteiger partial charge in [-0.25, -0.2) is 9.97 Å². The summed E-state index contributed by atoms with van der Waals surface area (Å²) in [7, 11) is 3.16. The van der Waals surface area contributed by atoms with Crippen molar-refractivity contribution >= 4 is 23.2 Å². The molecular weight excluding hydrogens is 356 g/mol. The maximum absolute atomic E-state index is 12.6. The molecule has 0 fully saturated rings. The summed E-state index contributed by atoms with van der Waals surface area (Å²) < 4.78 is 10.6. The van der Waals surface area contributed by atoms with Gasteiger partial charge in [0.15, 0.2) is 0 Å². The predicted octanol–water partition coefficient (Wildman–Crippen LogP) is 4.11. The molecule has 0 aliphatic carbocycles. The standard InChI is InChI=1S/C21H22N4O3/c1-13-6-5-7-15(10-13)23-20(26)18-11-14(2)22-21(25-18)24-17-9-8-16(27-3)12-19(17)28-4/h5-12H,1-4H3,(H,23,26)(H,22,24,25). The number of nitrogens with one attached hydrogen (secondary N) is 2. The van der Waals surface area contributed by atoms with Crippen LogP contribution in [0.5, 0.6) is 11.5 Å². The number of amides is 1. The van der Waals surface area contributed by atoms with Gasteiger partial charge in [-0.05, 0) is 49.7 Å². The molecule has 0 spiro atoms. The van der Waals surface area contributed by atoms with E-state index >= 15 is 0 Å². The number of hydrogen-bond donors (Lipinski definition) is 2. The summed E-state index contributed by atoms with van der Waals surface area (Å²) in [5.41, 5.74) is 3.38. The molecule has 1 aromatic heterocycles. The molecule has 1 heterocycles. The number of rotatable bonds is 6. The van der Waals surface area contributed by atoms with E-state index in [4.69, 9.17) is 9.47 Å². The third kappa shape index (κ3) is 4.56. The second-order valence-electron chi connectivity index (χ2n) is 6.23. The Hall–Kier alpha value is -3.61. The minimum atomic E-state index is -0.305. The van der Waals surface area contributed by atoms with Crippen molar-refractivity contribution in [2.45, 2.75) is 13.8 Å². The Kier molecular flexibility index (Phi) is 5.74. The molecule has 3 aromatic rings. The van der Waals surface area contributed by atoms with E-state index < -0.39 is 0 Å². The van der Waals surface area contributed by atoms with Crippen LogP contribution in [0, 0.1) is 13.8 Å². The summed E-state index contributed by atoms with van der Waals surface area (Å²) in [5.74, 6) is 1.25. The van der Waals surface area contributed by atoms with Crippen molar-refractivity contribution in [3.8, 4) is 11.5 Å². The van der Waals surface area contributed by atoms with Gasteiger partial charge in [0.2, 0.25) is 5.95 Å². The lowest BCUT2D eigenvalue weighted by Gasteiger charge is -2.13. The number of aryl methyl sites for hydroxylation is 2. The molecule has 0 atom stereocenters. The Balaban J connectivity index is 1.84. The lowest BCUT2D eigenvalue weighted by Crippen LogP contribution is -2.15. The molecule has 7 heteroatoms. The molecule has 0 saturated carbocycles. The first-order valence-electron chi connectivity index (χ1n) is 8.71. The summed E-state index contributed by atoms with van der Waals surface area (Å²) >= 11 is 0. The molecule has 0 aliphatic heterocycles. The Bertz CT molecular complexity index is 1000. The van der Waals surface area contributed by atoms with Crippen LogP contribution >= 0.6 is 0 Å². The third-order valence-electron chi connectivity index (χ3n) is 4.02. The number of carbonyl (C=O) groups is 1. The molecule has 0 radical (unpaired) electrons. The van der Waals surface area contributed by atoms with Crippen molar-refractivity contribution in [1.82, 2.24) is 9.97 Å². The molecule has 144 valence electrons. The van der Waals surface area contributed by atoms with Crippen LogP contribution in [0.3, 0.4) is 0 Å². The van der Waals surface area contributed by atoms with E-state index in [1.165, 1.54) is 0 Å². The molecular formula is C21H22N4O3. The van der Waals surface area contributed by atoms with Crippen LogP contribution < -0.4 is 20.1 Å². The van der Waals surface area contributed by atoms with Crippen LogP contribution in [0.15, 0.2) is 48.5 Å². The van der Waals surface area contributed by atoms with Gasteiger partial charge in [0.05, 0.1) is 19.9 Å². The Labute approximate surface area is 163 Å². The van der Waals surface area contributed by atoms with Gasteiger partial charge >= 0.3 is 0 Å². The van der Waals surface area contributed by atoms with Crippen LogP contribution in [0.2, 0.25) is 0 Å². The number of ether oxygens (including phenoxy) is 2. The van der Waals surface area contributed by atoms with E-state index in [-0.39, 0.29) is 11.6 Å². The Morgan fingerprint density at radius 2 is 1.79 bits per heavy atom. The zero-order valence-electron chi connectivity index (χ0n) is 16.2. The minimum Gasteiger partial charge on any atom is -0.497 e. The van der Waals surface area contributed by atoms with E-state index in [0.29, 0.717) is 34.5 Å². The largest absolute Gasteiger partial charge is 0.497 e. The average Bonchev–Trinajstić information content (AvgIpc) is 2.68. The third-order valence-corrected chi connectivity index (χ3v) is 4.02. The quantitative estimate of drug-likeness (QED) is 0.671. The Morgan fingerprint density at radius 3 is 2.50 bits per heavy atom. The molecule has 0 unspecified atom stereocenters. The van der Waals surface area contributed by atoms with E-state index in [1.54, 1.807) is 38.5 Å². The SMILES string of the molecule is COc1ccc(Nc2nc(C)cc(C(=O)Nc3cccc(C)c3)n2)c(OC)c1. The van der Waals surface area contributed by atoms with E-state index in [2.05, 4.69) is 20.6 Å². The lowest BCUT2D eigenvalue weighted by molar-refractivity contribution is 0.102. The van der Waals surface area contributed by atoms with Crippen molar-refractivity contribution in [2.24, 2.45) is 0 Å². The summed E-state index contributed by atoms with van der Waals surface area (Å²) in [6.45, 7) is 3.77. The fourth-order valence-electron chi connectivity index (χ4n) is 2.68. The average molecular weight is 378 g/mol. The zero-order valence-corrected chi connectivity index (χ0v) is 16.2. The van der Waals surface area contributed by atoms with Gasteiger partial charge in [-0.15, -0.1) is 0 Å². The van der Waals surface area contributed by atoms with Crippen LogP contribution in [0.4, 0.5) is 17.3 Å². The van der Waals surface area contributed by atoms with E-state index in [0.717, 1.165) is 5.56 Å². The van der Waals surface area contributed by atoms with Gasteiger partial charge in [-0.1, -0.05) is 12.1 Å². The second kappa shape index (κ2) is 8.39. The molecule has 7 nitrogen and oxygen atoms in total. The monoisotopic (exact) mass is 378 g/mol. The van der Waals surface area contributed by atoms with Crippen molar-refractivity contribution in [2.75, 3.05) is 24.9 Å². The summed E-state index contributed by atoms with van der Waals surface area (Å²) in [5, 5.41) is 5.96. The predicted molar refractivity (Wildman–Crippen MR) is 109 cm³/mol.